The van der Waals surface area contributed by atoms with Gasteiger partial charge in [0.1, 0.15) is 10.3 Å². The van der Waals surface area contributed by atoms with E-state index in [-0.39, 0.29) is 11.8 Å². The van der Waals surface area contributed by atoms with E-state index < -0.39 is 0 Å². The van der Waals surface area contributed by atoms with Crippen LogP contribution < -0.4 is 10.1 Å². The van der Waals surface area contributed by atoms with Crippen LogP contribution in [-0.2, 0) is 4.79 Å². The number of thiazole rings is 1. The van der Waals surface area contributed by atoms with Crippen molar-refractivity contribution < 1.29 is 9.53 Å². The minimum Gasteiger partial charge on any atom is -0.481 e. The van der Waals surface area contributed by atoms with E-state index in [1.165, 1.54) is 37.0 Å². The minimum absolute atomic E-state index is 0.0131. The highest BCUT2D eigenvalue weighted by atomic mass is 32.1. The molecule has 0 saturated heterocycles. The SMILES string of the molecule is COc1ccc2nc(NC(=O)C(CC3CCCC3)c3ccccc3)sc2n1. The minimum atomic E-state index is -0.149. The van der Waals surface area contributed by atoms with Crippen molar-refractivity contribution >= 4 is 32.7 Å². The van der Waals surface area contributed by atoms with E-state index in [1.807, 2.05) is 36.4 Å². The second-order valence-electron chi connectivity index (χ2n) is 7.04. The maximum absolute atomic E-state index is 13.1. The zero-order valence-electron chi connectivity index (χ0n) is 15.4. The average molecular weight is 382 g/mol. The Morgan fingerprint density at radius 3 is 2.70 bits per heavy atom. The van der Waals surface area contributed by atoms with Gasteiger partial charge in [0, 0.05) is 6.07 Å². The summed E-state index contributed by atoms with van der Waals surface area (Å²) < 4.78 is 5.16. The third-order valence-corrected chi connectivity index (χ3v) is 6.11. The van der Waals surface area contributed by atoms with Gasteiger partial charge in [-0.25, -0.2) is 9.97 Å². The summed E-state index contributed by atoms with van der Waals surface area (Å²) in [6.07, 6.45) is 5.90. The molecule has 1 atom stereocenters. The third kappa shape index (κ3) is 4.11. The summed E-state index contributed by atoms with van der Waals surface area (Å²) in [6, 6.07) is 13.7. The van der Waals surface area contributed by atoms with Gasteiger partial charge in [0.2, 0.25) is 11.8 Å². The van der Waals surface area contributed by atoms with Crippen molar-refractivity contribution in [2.24, 2.45) is 5.92 Å². The predicted octanol–water partition coefficient (Wildman–Crippen LogP) is 5.00. The van der Waals surface area contributed by atoms with Gasteiger partial charge in [-0.3, -0.25) is 4.79 Å². The molecular formula is C21H23N3O2S. The molecule has 2 aromatic heterocycles. The van der Waals surface area contributed by atoms with Crippen LogP contribution >= 0.6 is 11.3 Å². The number of ether oxygens (including phenoxy) is 1. The maximum Gasteiger partial charge on any atom is 0.233 e. The van der Waals surface area contributed by atoms with Crippen molar-refractivity contribution in [3.8, 4) is 5.88 Å². The molecule has 3 aromatic rings. The van der Waals surface area contributed by atoms with Crippen LogP contribution in [0.4, 0.5) is 5.13 Å². The number of nitrogens with one attached hydrogen (secondary N) is 1. The van der Waals surface area contributed by atoms with Gasteiger partial charge in [-0.2, -0.15) is 0 Å². The van der Waals surface area contributed by atoms with Gasteiger partial charge in [0.05, 0.1) is 13.0 Å². The Balaban J connectivity index is 1.55. The molecule has 1 unspecified atom stereocenters. The lowest BCUT2D eigenvalue weighted by molar-refractivity contribution is -0.118. The van der Waals surface area contributed by atoms with Gasteiger partial charge < -0.3 is 10.1 Å². The summed E-state index contributed by atoms with van der Waals surface area (Å²) >= 11 is 1.38. The van der Waals surface area contributed by atoms with E-state index in [2.05, 4.69) is 15.3 Å². The first kappa shape index (κ1) is 17.9. The lowest BCUT2D eigenvalue weighted by Crippen LogP contribution is -2.23. The molecule has 0 spiro atoms. The molecule has 27 heavy (non-hydrogen) atoms. The van der Waals surface area contributed by atoms with Crippen molar-refractivity contribution in [1.82, 2.24) is 9.97 Å². The monoisotopic (exact) mass is 381 g/mol. The summed E-state index contributed by atoms with van der Waals surface area (Å²) in [5, 5.41) is 3.62. The number of hydrogen-bond donors (Lipinski definition) is 1. The number of benzene rings is 1. The Hall–Kier alpha value is -2.47. The standard InChI is InChI=1S/C21H23N3O2S/c1-26-18-12-11-17-20(23-18)27-21(22-17)24-19(25)16(13-14-7-5-6-8-14)15-9-3-2-4-10-15/h2-4,9-12,14,16H,5-8,13H2,1H3,(H,22,24,25). The molecule has 0 bridgehead atoms. The molecule has 0 aliphatic heterocycles. The van der Waals surface area contributed by atoms with Crippen molar-refractivity contribution in [2.45, 2.75) is 38.0 Å². The van der Waals surface area contributed by atoms with Crippen LogP contribution in [0.5, 0.6) is 5.88 Å². The van der Waals surface area contributed by atoms with Crippen LogP contribution in [0.1, 0.15) is 43.6 Å². The van der Waals surface area contributed by atoms with Crippen molar-refractivity contribution in [3.05, 3.63) is 48.0 Å². The average Bonchev–Trinajstić information content (AvgIpc) is 3.35. The molecule has 1 amide bonds. The fourth-order valence-electron chi connectivity index (χ4n) is 3.82. The number of nitrogens with zero attached hydrogens (tertiary/aromatic N) is 2. The van der Waals surface area contributed by atoms with Gasteiger partial charge in [0.25, 0.3) is 0 Å². The fourth-order valence-corrected chi connectivity index (χ4v) is 4.65. The van der Waals surface area contributed by atoms with Gasteiger partial charge in [-0.15, -0.1) is 0 Å². The van der Waals surface area contributed by atoms with Crippen molar-refractivity contribution in [3.63, 3.8) is 0 Å². The number of amides is 1. The van der Waals surface area contributed by atoms with Crippen LogP contribution in [0, 0.1) is 5.92 Å². The smallest absolute Gasteiger partial charge is 0.233 e. The Labute approximate surface area is 162 Å². The molecule has 4 rings (SSSR count). The van der Waals surface area contributed by atoms with Crippen molar-refractivity contribution in [1.29, 1.82) is 0 Å². The zero-order chi connectivity index (χ0) is 18.6. The quantitative estimate of drug-likeness (QED) is 0.652. The van der Waals surface area contributed by atoms with Crippen molar-refractivity contribution in [2.75, 3.05) is 12.4 Å². The van der Waals surface area contributed by atoms with E-state index in [0.717, 1.165) is 22.3 Å². The second kappa shape index (κ2) is 8.05. The number of methoxy groups -OCH3 is 1. The first-order valence-electron chi connectivity index (χ1n) is 9.40. The molecule has 5 nitrogen and oxygen atoms in total. The fraction of sp³-hybridized carbons (Fsp3) is 0.381. The van der Waals surface area contributed by atoms with E-state index in [4.69, 9.17) is 4.74 Å². The van der Waals surface area contributed by atoms with Crippen LogP contribution in [-0.4, -0.2) is 23.0 Å². The number of pyridine rings is 1. The van der Waals surface area contributed by atoms with Gasteiger partial charge in [0.15, 0.2) is 5.13 Å². The van der Waals surface area contributed by atoms with Gasteiger partial charge >= 0.3 is 0 Å². The normalized spacial score (nSPS) is 15.7. The molecule has 140 valence electrons. The van der Waals surface area contributed by atoms with Gasteiger partial charge in [-0.05, 0) is 24.0 Å². The van der Waals surface area contributed by atoms with E-state index in [9.17, 15) is 4.79 Å². The molecular weight excluding hydrogens is 358 g/mol. The molecule has 1 aliphatic carbocycles. The third-order valence-electron chi connectivity index (χ3n) is 5.23. The number of fused-ring (bicyclic) bond motifs is 1. The lowest BCUT2D eigenvalue weighted by Gasteiger charge is -2.20. The zero-order valence-corrected chi connectivity index (χ0v) is 16.2. The molecule has 1 aromatic carbocycles. The first-order chi connectivity index (χ1) is 13.2. The summed E-state index contributed by atoms with van der Waals surface area (Å²) in [7, 11) is 1.59. The molecule has 6 heteroatoms. The second-order valence-corrected chi connectivity index (χ2v) is 8.01. The first-order valence-corrected chi connectivity index (χ1v) is 10.2. The topological polar surface area (TPSA) is 64.1 Å². The summed E-state index contributed by atoms with van der Waals surface area (Å²) in [5.74, 6) is 1.04. The largest absolute Gasteiger partial charge is 0.481 e. The molecule has 1 aliphatic rings. The molecule has 1 saturated carbocycles. The Kier molecular flexibility index (Phi) is 5.34. The number of carbonyl (C=O) groups is 1. The Morgan fingerprint density at radius 2 is 1.96 bits per heavy atom. The summed E-state index contributed by atoms with van der Waals surface area (Å²) in [5.41, 5.74) is 1.84. The lowest BCUT2D eigenvalue weighted by atomic mass is 9.87. The number of anilines is 1. The van der Waals surface area contributed by atoms with Crippen LogP contribution in [0.25, 0.3) is 10.3 Å². The Morgan fingerprint density at radius 1 is 1.19 bits per heavy atom. The van der Waals surface area contributed by atoms with E-state index in [0.29, 0.717) is 16.9 Å². The molecule has 1 fully saturated rings. The highest BCUT2D eigenvalue weighted by Gasteiger charge is 2.27. The number of hydrogen-bond acceptors (Lipinski definition) is 5. The van der Waals surface area contributed by atoms with E-state index in [1.54, 1.807) is 13.2 Å². The molecule has 0 radical (unpaired) electrons. The number of carbonyl (C=O) groups excluding carboxylic acids is 1. The highest BCUT2D eigenvalue weighted by Crippen LogP contribution is 2.35. The van der Waals surface area contributed by atoms with Gasteiger partial charge in [-0.1, -0.05) is 67.4 Å². The highest BCUT2D eigenvalue weighted by molar-refractivity contribution is 7.21. The maximum atomic E-state index is 13.1. The molecule has 2 heterocycles. The summed E-state index contributed by atoms with van der Waals surface area (Å²) in [6.45, 7) is 0. The molecule has 1 N–H and O–H groups in total. The predicted molar refractivity (Wildman–Crippen MR) is 108 cm³/mol. The number of aromatic nitrogens is 2. The summed E-state index contributed by atoms with van der Waals surface area (Å²) in [4.78, 5) is 22.8. The Bertz CT molecular complexity index is 920. The van der Waals surface area contributed by atoms with E-state index >= 15 is 0 Å². The van der Waals surface area contributed by atoms with Crippen LogP contribution in [0.15, 0.2) is 42.5 Å². The van der Waals surface area contributed by atoms with Crippen LogP contribution in [0.3, 0.4) is 0 Å². The van der Waals surface area contributed by atoms with Crippen LogP contribution in [0.2, 0.25) is 0 Å². The number of rotatable bonds is 6.